The number of hydrogen-bond donors (Lipinski definition) is 1. The summed E-state index contributed by atoms with van der Waals surface area (Å²) in [6.45, 7) is 3.61. The first-order valence-corrected chi connectivity index (χ1v) is 8.33. The molecule has 6 nitrogen and oxygen atoms in total. The Morgan fingerprint density at radius 1 is 0.957 bits per heavy atom. The van der Waals surface area contributed by atoms with Crippen molar-refractivity contribution in [1.82, 2.24) is 15.0 Å². The zero-order valence-corrected chi connectivity index (χ0v) is 13.2. The molecule has 0 aromatic carbocycles. The minimum Gasteiger partial charge on any atom is -0.355 e. The van der Waals surface area contributed by atoms with Crippen LogP contribution in [0.4, 0.5) is 11.6 Å². The molecule has 120 valence electrons. The number of nitrogens with zero attached hydrogens (tertiary/aromatic N) is 4. The van der Waals surface area contributed by atoms with Gasteiger partial charge in [0.1, 0.15) is 18.0 Å². The van der Waals surface area contributed by atoms with Crippen LogP contribution in [0.5, 0.6) is 0 Å². The van der Waals surface area contributed by atoms with Crippen LogP contribution < -0.4 is 15.4 Å². The van der Waals surface area contributed by atoms with Crippen molar-refractivity contribution < 1.29 is 0 Å². The third kappa shape index (κ3) is 2.81. The van der Waals surface area contributed by atoms with Crippen LogP contribution in [-0.4, -0.2) is 41.1 Å². The van der Waals surface area contributed by atoms with Gasteiger partial charge in [0.05, 0.1) is 0 Å². The van der Waals surface area contributed by atoms with E-state index in [1.54, 1.807) is 18.5 Å². The number of nitrogens with one attached hydrogen (secondary N) is 1. The summed E-state index contributed by atoms with van der Waals surface area (Å²) in [7, 11) is 0. The molecule has 1 aliphatic heterocycles. The van der Waals surface area contributed by atoms with Crippen LogP contribution in [0.15, 0.2) is 29.3 Å². The number of piperazine rings is 1. The molecule has 1 N–H and O–H groups in total. The number of hydrogen-bond acceptors (Lipinski definition) is 5. The fourth-order valence-corrected chi connectivity index (χ4v) is 3.56. The number of aromatic nitrogens is 3. The highest BCUT2D eigenvalue weighted by Gasteiger charge is 2.23. The van der Waals surface area contributed by atoms with Crippen molar-refractivity contribution in [3.05, 3.63) is 46.1 Å². The molecule has 2 aliphatic rings. The summed E-state index contributed by atoms with van der Waals surface area (Å²) >= 11 is 0. The highest BCUT2D eigenvalue weighted by molar-refractivity contribution is 5.51. The zero-order valence-electron chi connectivity index (χ0n) is 13.2. The van der Waals surface area contributed by atoms with Gasteiger partial charge in [0.2, 0.25) is 5.56 Å². The molecule has 0 radical (unpaired) electrons. The van der Waals surface area contributed by atoms with Gasteiger partial charge < -0.3 is 14.8 Å². The van der Waals surface area contributed by atoms with Gasteiger partial charge in [-0.3, -0.25) is 4.79 Å². The molecule has 1 saturated heterocycles. The Bertz CT molecular complexity index is 749. The maximum Gasteiger partial charge on any atom is 0.249 e. The highest BCUT2D eigenvalue weighted by atomic mass is 16.1. The van der Waals surface area contributed by atoms with Gasteiger partial charge in [0.15, 0.2) is 0 Å². The van der Waals surface area contributed by atoms with Crippen molar-refractivity contribution in [3.63, 3.8) is 0 Å². The Balaban J connectivity index is 1.51. The fraction of sp³-hybridized carbons (Fsp3) is 0.471. The second-order valence-corrected chi connectivity index (χ2v) is 6.20. The lowest BCUT2D eigenvalue weighted by Gasteiger charge is -2.37. The van der Waals surface area contributed by atoms with Crippen LogP contribution in [0.2, 0.25) is 0 Å². The van der Waals surface area contributed by atoms with Gasteiger partial charge in [-0.1, -0.05) is 6.07 Å². The average molecular weight is 311 g/mol. The molecular weight excluding hydrogens is 290 g/mol. The lowest BCUT2D eigenvalue weighted by Crippen LogP contribution is -2.47. The Morgan fingerprint density at radius 2 is 1.74 bits per heavy atom. The van der Waals surface area contributed by atoms with E-state index in [1.807, 2.05) is 6.07 Å². The third-order valence-electron chi connectivity index (χ3n) is 4.78. The predicted octanol–water partition coefficient (Wildman–Crippen LogP) is 1.37. The van der Waals surface area contributed by atoms with E-state index in [4.69, 9.17) is 0 Å². The summed E-state index contributed by atoms with van der Waals surface area (Å²) in [6.07, 6.45) is 6.35. The minimum absolute atomic E-state index is 0.0465. The SMILES string of the molecule is O=c1cccc(N2CCN(c3ncnc4c3CCCC4)CC2)[nH]1. The Kier molecular flexibility index (Phi) is 3.73. The number of aryl methyl sites for hydroxylation is 1. The molecule has 0 saturated carbocycles. The van der Waals surface area contributed by atoms with E-state index in [2.05, 4.69) is 24.8 Å². The Labute approximate surface area is 135 Å². The minimum atomic E-state index is -0.0465. The van der Waals surface area contributed by atoms with Crippen LogP contribution in [-0.2, 0) is 12.8 Å². The molecule has 0 amide bonds. The number of aromatic amines is 1. The molecule has 0 spiro atoms. The summed E-state index contributed by atoms with van der Waals surface area (Å²) in [5, 5.41) is 0. The molecular formula is C17H21N5O. The number of anilines is 2. The van der Waals surface area contributed by atoms with Crippen molar-refractivity contribution in [3.8, 4) is 0 Å². The van der Waals surface area contributed by atoms with Crippen molar-refractivity contribution in [1.29, 1.82) is 0 Å². The first-order valence-electron chi connectivity index (χ1n) is 8.33. The molecule has 1 aliphatic carbocycles. The van der Waals surface area contributed by atoms with Crippen LogP contribution in [0, 0.1) is 0 Å². The topological polar surface area (TPSA) is 65.1 Å². The van der Waals surface area contributed by atoms with Crippen LogP contribution in [0.3, 0.4) is 0 Å². The lowest BCUT2D eigenvalue weighted by molar-refractivity contribution is 0.619. The molecule has 0 atom stereocenters. The third-order valence-corrected chi connectivity index (χ3v) is 4.78. The largest absolute Gasteiger partial charge is 0.355 e. The van der Waals surface area contributed by atoms with Gasteiger partial charge in [-0.05, 0) is 31.7 Å². The normalized spacial score (nSPS) is 17.9. The molecule has 1 fully saturated rings. The van der Waals surface area contributed by atoms with Gasteiger partial charge >= 0.3 is 0 Å². The first kappa shape index (κ1) is 14.2. The lowest BCUT2D eigenvalue weighted by atomic mass is 9.96. The highest BCUT2D eigenvalue weighted by Crippen LogP contribution is 2.28. The molecule has 2 aromatic heterocycles. The second kappa shape index (κ2) is 6.02. The summed E-state index contributed by atoms with van der Waals surface area (Å²) < 4.78 is 0. The van der Waals surface area contributed by atoms with E-state index in [9.17, 15) is 4.79 Å². The molecule has 6 heteroatoms. The molecule has 0 unspecified atom stereocenters. The smallest absolute Gasteiger partial charge is 0.249 e. The molecule has 23 heavy (non-hydrogen) atoms. The van der Waals surface area contributed by atoms with Crippen molar-refractivity contribution in [2.45, 2.75) is 25.7 Å². The van der Waals surface area contributed by atoms with Gasteiger partial charge in [-0.2, -0.15) is 0 Å². The summed E-state index contributed by atoms with van der Waals surface area (Å²) in [6, 6.07) is 5.32. The number of rotatable bonds is 2. The number of H-pyrrole nitrogens is 1. The van der Waals surface area contributed by atoms with E-state index in [0.29, 0.717) is 0 Å². The first-order chi connectivity index (χ1) is 11.3. The maximum absolute atomic E-state index is 11.5. The number of fused-ring (bicyclic) bond motifs is 1. The molecule has 3 heterocycles. The van der Waals surface area contributed by atoms with E-state index >= 15 is 0 Å². The average Bonchev–Trinajstić information content (AvgIpc) is 2.61. The van der Waals surface area contributed by atoms with Crippen LogP contribution in [0.25, 0.3) is 0 Å². The summed E-state index contributed by atoms with van der Waals surface area (Å²) in [5.41, 5.74) is 2.53. The summed E-state index contributed by atoms with van der Waals surface area (Å²) in [4.78, 5) is 28.0. The molecule has 4 rings (SSSR count). The van der Waals surface area contributed by atoms with Crippen LogP contribution >= 0.6 is 0 Å². The predicted molar refractivity (Wildman–Crippen MR) is 90.2 cm³/mol. The zero-order chi connectivity index (χ0) is 15.6. The van der Waals surface area contributed by atoms with E-state index < -0.39 is 0 Å². The Morgan fingerprint density at radius 3 is 2.57 bits per heavy atom. The van der Waals surface area contributed by atoms with Gasteiger partial charge in [-0.25, -0.2) is 9.97 Å². The van der Waals surface area contributed by atoms with Gasteiger partial charge in [0.25, 0.3) is 0 Å². The van der Waals surface area contributed by atoms with Crippen molar-refractivity contribution in [2.24, 2.45) is 0 Å². The van der Waals surface area contributed by atoms with Crippen molar-refractivity contribution in [2.75, 3.05) is 36.0 Å². The molecule has 2 aromatic rings. The fourth-order valence-electron chi connectivity index (χ4n) is 3.56. The summed E-state index contributed by atoms with van der Waals surface area (Å²) in [5.74, 6) is 2.03. The second-order valence-electron chi connectivity index (χ2n) is 6.20. The van der Waals surface area contributed by atoms with Gasteiger partial charge in [0, 0.05) is 43.5 Å². The quantitative estimate of drug-likeness (QED) is 0.907. The van der Waals surface area contributed by atoms with Crippen LogP contribution in [0.1, 0.15) is 24.1 Å². The monoisotopic (exact) mass is 311 g/mol. The van der Waals surface area contributed by atoms with E-state index in [1.165, 1.54) is 24.1 Å². The molecule has 0 bridgehead atoms. The van der Waals surface area contributed by atoms with E-state index in [-0.39, 0.29) is 5.56 Å². The van der Waals surface area contributed by atoms with E-state index in [0.717, 1.165) is 50.7 Å². The number of pyridine rings is 1. The van der Waals surface area contributed by atoms with Gasteiger partial charge in [-0.15, -0.1) is 0 Å². The standard InChI is InChI=1S/C17H21N5O/c23-16-7-3-6-15(20-16)21-8-10-22(11-9-21)17-13-4-1-2-5-14(13)18-12-19-17/h3,6-7,12H,1-2,4-5,8-11H2,(H,20,23). The maximum atomic E-state index is 11.5. The van der Waals surface area contributed by atoms with Crippen molar-refractivity contribution >= 4 is 11.6 Å². The Hall–Kier alpha value is -2.37.